The molecule has 1 aromatic carbocycles. The Morgan fingerprint density at radius 1 is 1.43 bits per heavy atom. The average molecular weight is 288 g/mol. The minimum atomic E-state index is -0.450. The van der Waals surface area contributed by atoms with Gasteiger partial charge >= 0.3 is 0 Å². The molecular weight excluding hydrogens is 264 g/mol. The van der Waals surface area contributed by atoms with E-state index in [0.717, 1.165) is 31.4 Å². The number of hydrogen-bond donors (Lipinski definition) is 1. The van der Waals surface area contributed by atoms with Crippen molar-refractivity contribution in [1.82, 2.24) is 4.90 Å². The summed E-state index contributed by atoms with van der Waals surface area (Å²) in [7, 11) is 0. The number of carbonyl (C=O) groups is 1. The number of piperidine rings is 1. The van der Waals surface area contributed by atoms with Gasteiger partial charge in [0, 0.05) is 19.1 Å². The highest BCUT2D eigenvalue weighted by Gasteiger charge is 2.37. The van der Waals surface area contributed by atoms with Crippen LogP contribution in [0.3, 0.4) is 0 Å². The van der Waals surface area contributed by atoms with Crippen molar-refractivity contribution in [2.24, 2.45) is 11.7 Å². The number of nitrogens with two attached hydrogens (primary N) is 1. The van der Waals surface area contributed by atoms with Crippen molar-refractivity contribution in [3.63, 3.8) is 0 Å². The minimum Gasteiger partial charge on any atom is -0.363 e. The number of carbonyl (C=O) groups excluding carboxylic acids is 1. The van der Waals surface area contributed by atoms with Gasteiger partial charge in [-0.15, -0.1) is 0 Å². The molecule has 21 heavy (non-hydrogen) atoms. The van der Waals surface area contributed by atoms with Crippen LogP contribution in [0, 0.1) is 5.92 Å². The van der Waals surface area contributed by atoms with Crippen LogP contribution in [0.2, 0.25) is 0 Å². The molecule has 2 N–H and O–H groups in total. The van der Waals surface area contributed by atoms with Gasteiger partial charge in [-0.1, -0.05) is 31.2 Å². The van der Waals surface area contributed by atoms with E-state index < -0.39 is 6.10 Å². The van der Waals surface area contributed by atoms with Gasteiger partial charge in [0.2, 0.25) is 0 Å². The second kappa shape index (κ2) is 6.16. The van der Waals surface area contributed by atoms with Crippen molar-refractivity contribution in [3.8, 4) is 0 Å². The highest BCUT2D eigenvalue weighted by Crippen LogP contribution is 2.32. The highest BCUT2D eigenvalue weighted by molar-refractivity contribution is 5.83. The van der Waals surface area contributed by atoms with Crippen molar-refractivity contribution < 1.29 is 9.53 Å². The molecule has 3 rings (SSSR count). The minimum absolute atomic E-state index is 0.0872. The van der Waals surface area contributed by atoms with Crippen molar-refractivity contribution in [2.45, 2.75) is 38.3 Å². The fraction of sp³-hybridized carbons (Fsp3) is 0.588. The number of likely N-dealkylation sites (tertiary alicyclic amines) is 1. The molecule has 4 nitrogen and oxygen atoms in total. The zero-order valence-electron chi connectivity index (χ0n) is 12.6. The van der Waals surface area contributed by atoms with Gasteiger partial charge in [0.25, 0.3) is 5.91 Å². The average Bonchev–Trinajstić information content (AvgIpc) is 2.53. The van der Waals surface area contributed by atoms with Crippen LogP contribution < -0.4 is 5.73 Å². The zero-order chi connectivity index (χ0) is 14.8. The lowest BCUT2D eigenvalue weighted by atomic mass is 9.89. The molecule has 2 aliphatic rings. The first-order valence-corrected chi connectivity index (χ1v) is 7.92. The standard InChI is InChI=1S/C17H24N2O2/c1-12-5-4-9-19(15(12)11-18)17(20)16-14-7-3-2-6-13(14)8-10-21-16/h2-3,6-7,12,15-16H,4-5,8-11,18H2,1H3. The number of ether oxygens (including phenoxy) is 1. The molecule has 0 saturated carbocycles. The van der Waals surface area contributed by atoms with E-state index in [-0.39, 0.29) is 11.9 Å². The lowest BCUT2D eigenvalue weighted by Gasteiger charge is -2.41. The lowest BCUT2D eigenvalue weighted by Crippen LogP contribution is -2.53. The third-order valence-corrected chi connectivity index (χ3v) is 4.86. The molecule has 1 aromatic rings. The summed E-state index contributed by atoms with van der Waals surface area (Å²) in [4.78, 5) is 14.9. The molecule has 3 unspecified atom stereocenters. The monoisotopic (exact) mass is 288 g/mol. The smallest absolute Gasteiger partial charge is 0.256 e. The van der Waals surface area contributed by atoms with Gasteiger partial charge in [0.15, 0.2) is 6.10 Å². The van der Waals surface area contributed by atoms with E-state index in [1.54, 1.807) is 0 Å². The van der Waals surface area contributed by atoms with Crippen LogP contribution in [-0.2, 0) is 16.0 Å². The zero-order valence-corrected chi connectivity index (χ0v) is 12.6. The molecule has 0 spiro atoms. The van der Waals surface area contributed by atoms with Gasteiger partial charge in [-0.3, -0.25) is 4.79 Å². The summed E-state index contributed by atoms with van der Waals surface area (Å²) in [6.45, 7) is 4.13. The first kappa shape index (κ1) is 14.5. The molecule has 0 aliphatic carbocycles. The summed E-state index contributed by atoms with van der Waals surface area (Å²) in [6, 6.07) is 8.26. The normalized spacial score (nSPS) is 29.0. The third kappa shape index (κ3) is 2.70. The van der Waals surface area contributed by atoms with E-state index in [1.165, 1.54) is 5.56 Å². The first-order valence-electron chi connectivity index (χ1n) is 7.92. The summed E-state index contributed by atoms with van der Waals surface area (Å²) in [5, 5.41) is 0. The van der Waals surface area contributed by atoms with Gasteiger partial charge in [-0.25, -0.2) is 0 Å². The Labute approximate surface area is 126 Å². The Balaban J connectivity index is 1.85. The summed E-state index contributed by atoms with van der Waals surface area (Å²) in [5.41, 5.74) is 8.17. The molecule has 2 heterocycles. The highest BCUT2D eigenvalue weighted by atomic mass is 16.5. The predicted molar refractivity (Wildman–Crippen MR) is 81.8 cm³/mol. The van der Waals surface area contributed by atoms with Gasteiger partial charge < -0.3 is 15.4 Å². The quantitative estimate of drug-likeness (QED) is 0.904. The Bertz CT molecular complexity index is 517. The van der Waals surface area contributed by atoms with Crippen LogP contribution in [-0.4, -0.2) is 36.5 Å². The fourth-order valence-electron chi connectivity index (χ4n) is 3.63. The second-order valence-electron chi connectivity index (χ2n) is 6.15. The summed E-state index contributed by atoms with van der Waals surface area (Å²) < 4.78 is 5.82. The molecule has 4 heteroatoms. The van der Waals surface area contributed by atoms with Gasteiger partial charge in [0.1, 0.15) is 0 Å². The SMILES string of the molecule is CC1CCCN(C(=O)C2OCCc3ccccc32)C1CN. The number of fused-ring (bicyclic) bond motifs is 1. The van der Waals surface area contributed by atoms with E-state index in [0.29, 0.717) is 19.1 Å². The predicted octanol–water partition coefficient (Wildman–Crippen LogP) is 1.89. The van der Waals surface area contributed by atoms with Crippen LogP contribution >= 0.6 is 0 Å². The largest absolute Gasteiger partial charge is 0.363 e. The molecule has 0 radical (unpaired) electrons. The molecule has 0 bridgehead atoms. The molecule has 3 atom stereocenters. The van der Waals surface area contributed by atoms with Crippen LogP contribution in [0.4, 0.5) is 0 Å². The van der Waals surface area contributed by atoms with Crippen LogP contribution in [0.15, 0.2) is 24.3 Å². The third-order valence-electron chi connectivity index (χ3n) is 4.86. The fourth-order valence-corrected chi connectivity index (χ4v) is 3.63. The van der Waals surface area contributed by atoms with E-state index in [2.05, 4.69) is 13.0 Å². The van der Waals surface area contributed by atoms with E-state index in [9.17, 15) is 4.79 Å². The summed E-state index contributed by atoms with van der Waals surface area (Å²) in [5.74, 6) is 0.552. The number of benzene rings is 1. The molecule has 1 saturated heterocycles. The first-order chi connectivity index (χ1) is 10.2. The second-order valence-corrected chi connectivity index (χ2v) is 6.15. The van der Waals surface area contributed by atoms with Crippen LogP contribution in [0.5, 0.6) is 0 Å². The maximum atomic E-state index is 13.0. The molecule has 2 aliphatic heterocycles. The van der Waals surface area contributed by atoms with Crippen molar-refractivity contribution in [3.05, 3.63) is 35.4 Å². The van der Waals surface area contributed by atoms with Crippen molar-refractivity contribution in [1.29, 1.82) is 0 Å². The Morgan fingerprint density at radius 3 is 3.05 bits per heavy atom. The number of nitrogens with zero attached hydrogens (tertiary/aromatic N) is 1. The summed E-state index contributed by atoms with van der Waals surface area (Å²) >= 11 is 0. The maximum absolute atomic E-state index is 13.0. The summed E-state index contributed by atoms with van der Waals surface area (Å²) in [6.07, 6.45) is 2.64. The van der Waals surface area contributed by atoms with E-state index >= 15 is 0 Å². The van der Waals surface area contributed by atoms with Crippen LogP contribution in [0.1, 0.15) is 37.0 Å². The van der Waals surface area contributed by atoms with E-state index in [1.807, 2.05) is 23.1 Å². The number of hydrogen-bond acceptors (Lipinski definition) is 3. The maximum Gasteiger partial charge on any atom is 0.256 e. The Morgan fingerprint density at radius 2 is 2.24 bits per heavy atom. The Hall–Kier alpha value is -1.39. The molecule has 1 amide bonds. The topological polar surface area (TPSA) is 55.6 Å². The Kier molecular flexibility index (Phi) is 4.27. The van der Waals surface area contributed by atoms with Gasteiger partial charge in [-0.2, -0.15) is 0 Å². The molecular formula is C17H24N2O2. The molecule has 0 aromatic heterocycles. The number of amides is 1. The lowest BCUT2D eigenvalue weighted by molar-refractivity contribution is -0.150. The van der Waals surface area contributed by atoms with E-state index in [4.69, 9.17) is 10.5 Å². The van der Waals surface area contributed by atoms with Crippen molar-refractivity contribution in [2.75, 3.05) is 19.7 Å². The van der Waals surface area contributed by atoms with Crippen LogP contribution in [0.25, 0.3) is 0 Å². The van der Waals surface area contributed by atoms with Gasteiger partial charge in [0.05, 0.1) is 6.61 Å². The number of rotatable bonds is 2. The molecule has 1 fully saturated rings. The van der Waals surface area contributed by atoms with Crippen molar-refractivity contribution >= 4 is 5.91 Å². The molecule has 114 valence electrons. The van der Waals surface area contributed by atoms with Gasteiger partial charge in [-0.05, 0) is 36.3 Å².